The van der Waals surface area contributed by atoms with Crippen LogP contribution in [-0.2, 0) is 0 Å². The molecule has 1 aromatic rings. The van der Waals surface area contributed by atoms with Crippen LogP contribution in [0.15, 0.2) is 24.3 Å². The summed E-state index contributed by atoms with van der Waals surface area (Å²) >= 11 is 0. The van der Waals surface area contributed by atoms with Crippen LogP contribution in [0.4, 0.5) is 0 Å². The highest BCUT2D eigenvalue weighted by Crippen LogP contribution is 2.41. The monoisotopic (exact) mass is 245 g/mol. The maximum atomic E-state index is 3.87. The van der Waals surface area contributed by atoms with E-state index in [1.807, 2.05) is 0 Å². The predicted molar refractivity (Wildman–Crippen MR) is 78.7 cm³/mol. The first-order valence-electron chi connectivity index (χ1n) is 7.44. The molecule has 3 atom stereocenters. The summed E-state index contributed by atoms with van der Waals surface area (Å²) in [7, 11) is 0. The second-order valence-corrected chi connectivity index (χ2v) is 6.07. The largest absolute Gasteiger partial charge is 0.307 e. The fourth-order valence-electron chi connectivity index (χ4n) is 2.51. The summed E-state index contributed by atoms with van der Waals surface area (Å²) in [4.78, 5) is 0. The van der Waals surface area contributed by atoms with Crippen LogP contribution in [0.1, 0.15) is 57.2 Å². The number of benzene rings is 1. The van der Waals surface area contributed by atoms with Crippen molar-refractivity contribution in [3.05, 3.63) is 35.4 Å². The lowest BCUT2D eigenvalue weighted by molar-refractivity contribution is 0.333. The van der Waals surface area contributed by atoms with Gasteiger partial charge in [0.1, 0.15) is 0 Å². The number of hydrogen-bond acceptors (Lipinski definition) is 1. The molecule has 3 unspecified atom stereocenters. The van der Waals surface area contributed by atoms with Crippen LogP contribution >= 0.6 is 0 Å². The number of nitrogens with one attached hydrogen (secondary N) is 1. The molecule has 100 valence electrons. The van der Waals surface area contributed by atoms with Crippen LogP contribution in [0, 0.1) is 18.8 Å². The second-order valence-electron chi connectivity index (χ2n) is 6.07. The number of rotatable bonds is 6. The summed E-state index contributed by atoms with van der Waals surface area (Å²) in [5.74, 6) is 1.61. The minimum Gasteiger partial charge on any atom is -0.307 e. The standard InChI is InChI=1S/C17H27N/c1-5-13(3)14(4)18-17(16-10-11-16)15-8-6-12(2)7-9-15/h6-9,13-14,16-18H,5,10-11H2,1-4H3. The van der Waals surface area contributed by atoms with E-state index < -0.39 is 0 Å². The highest BCUT2D eigenvalue weighted by Gasteiger charge is 2.33. The van der Waals surface area contributed by atoms with Crippen LogP contribution in [0.25, 0.3) is 0 Å². The lowest BCUT2D eigenvalue weighted by Crippen LogP contribution is -2.36. The molecule has 1 heteroatoms. The molecule has 0 aromatic heterocycles. The predicted octanol–water partition coefficient (Wildman–Crippen LogP) is 4.47. The maximum absolute atomic E-state index is 3.87. The van der Waals surface area contributed by atoms with E-state index in [0.29, 0.717) is 12.1 Å². The van der Waals surface area contributed by atoms with Crippen molar-refractivity contribution >= 4 is 0 Å². The molecule has 0 bridgehead atoms. The molecule has 0 spiro atoms. The average molecular weight is 245 g/mol. The Labute approximate surface area is 112 Å². The molecule has 0 aliphatic heterocycles. The Morgan fingerprint density at radius 3 is 2.28 bits per heavy atom. The highest BCUT2D eigenvalue weighted by atomic mass is 15.0. The van der Waals surface area contributed by atoms with Gasteiger partial charge < -0.3 is 5.32 Å². The van der Waals surface area contributed by atoms with E-state index in [9.17, 15) is 0 Å². The van der Waals surface area contributed by atoms with E-state index in [-0.39, 0.29) is 0 Å². The third-order valence-electron chi connectivity index (χ3n) is 4.47. The van der Waals surface area contributed by atoms with Gasteiger partial charge in [0.05, 0.1) is 0 Å². The molecule has 0 amide bonds. The van der Waals surface area contributed by atoms with Crippen molar-refractivity contribution in [3.8, 4) is 0 Å². The molecular weight excluding hydrogens is 218 g/mol. The molecule has 1 saturated carbocycles. The Morgan fingerprint density at radius 2 is 1.78 bits per heavy atom. The molecular formula is C17H27N. The molecule has 2 rings (SSSR count). The molecule has 0 heterocycles. The van der Waals surface area contributed by atoms with Gasteiger partial charge in [-0.05, 0) is 44.1 Å². The van der Waals surface area contributed by atoms with E-state index >= 15 is 0 Å². The second kappa shape index (κ2) is 5.88. The minimum atomic E-state index is 0.564. The van der Waals surface area contributed by atoms with Crippen LogP contribution in [0.5, 0.6) is 0 Å². The fourth-order valence-corrected chi connectivity index (χ4v) is 2.51. The first-order valence-corrected chi connectivity index (χ1v) is 7.44. The van der Waals surface area contributed by atoms with Gasteiger partial charge in [-0.2, -0.15) is 0 Å². The fraction of sp³-hybridized carbons (Fsp3) is 0.647. The summed E-state index contributed by atoms with van der Waals surface area (Å²) in [6.07, 6.45) is 4.02. The first kappa shape index (κ1) is 13.6. The van der Waals surface area contributed by atoms with Gasteiger partial charge in [-0.25, -0.2) is 0 Å². The van der Waals surface area contributed by atoms with E-state index in [2.05, 4.69) is 57.3 Å². The summed E-state index contributed by atoms with van der Waals surface area (Å²) < 4.78 is 0. The van der Waals surface area contributed by atoms with Crippen LogP contribution in [-0.4, -0.2) is 6.04 Å². The van der Waals surface area contributed by atoms with Gasteiger partial charge >= 0.3 is 0 Å². The van der Waals surface area contributed by atoms with E-state index in [1.165, 1.54) is 30.4 Å². The van der Waals surface area contributed by atoms with Crippen LogP contribution in [0.2, 0.25) is 0 Å². The van der Waals surface area contributed by atoms with Gasteiger partial charge in [0.2, 0.25) is 0 Å². The minimum absolute atomic E-state index is 0.564. The summed E-state index contributed by atoms with van der Waals surface area (Å²) in [5.41, 5.74) is 2.82. The lowest BCUT2D eigenvalue weighted by Gasteiger charge is -2.27. The van der Waals surface area contributed by atoms with Crippen molar-refractivity contribution in [2.45, 2.75) is 59.0 Å². The van der Waals surface area contributed by atoms with Crippen molar-refractivity contribution in [2.75, 3.05) is 0 Å². The normalized spacial score (nSPS) is 20.4. The molecule has 18 heavy (non-hydrogen) atoms. The molecule has 1 N–H and O–H groups in total. The highest BCUT2D eigenvalue weighted by molar-refractivity contribution is 5.25. The Balaban J connectivity index is 2.06. The van der Waals surface area contributed by atoms with E-state index in [1.54, 1.807) is 0 Å². The molecule has 0 saturated heterocycles. The summed E-state index contributed by atoms with van der Waals surface area (Å²) in [6.45, 7) is 9.11. The topological polar surface area (TPSA) is 12.0 Å². The van der Waals surface area contributed by atoms with Gasteiger partial charge in [0.25, 0.3) is 0 Å². The molecule has 1 aliphatic carbocycles. The van der Waals surface area contributed by atoms with Gasteiger partial charge in [-0.1, -0.05) is 50.1 Å². The van der Waals surface area contributed by atoms with Gasteiger partial charge in [-0.3, -0.25) is 0 Å². The number of aryl methyl sites for hydroxylation is 1. The Hall–Kier alpha value is -0.820. The third-order valence-corrected chi connectivity index (χ3v) is 4.47. The number of hydrogen-bond donors (Lipinski definition) is 1. The molecule has 1 nitrogen and oxygen atoms in total. The first-order chi connectivity index (χ1) is 8.61. The Morgan fingerprint density at radius 1 is 1.17 bits per heavy atom. The lowest BCUT2D eigenvalue weighted by atomic mass is 9.96. The Kier molecular flexibility index (Phi) is 4.45. The summed E-state index contributed by atoms with van der Waals surface area (Å²) in [6, 6.07) is 10.2. The maximum Gasteiger partial charge on any atom is 0.0351 e. The summed E-state index contributed by atoms with van der Waals surface area (Å²) in [5, 5.41) is 3.87. The smallest absolute Gasteiger partial charge is 0.0351 e. The Bertz CT molecular complexity index is 364. The van der Waals surface area contributed by atoms with Gasteiger partial charge in [0, 0.05) is 12.1 Å². The SMILES string of the molecule is CCC(C)C(C)NC(c1ccc(C)cc1)C1CC1. The average Bonchev–Trinajstić information content (AvgIpc) is 3.20. The zero-order valence-corrected chi connectivity index (χ0v) is 12.2. The van der Waals surface area contributed by atoms with Gasteiger partial charge in [-0.15, -0.1) is 0 Å². The van der Waals surface area contributed by atoms with Crippen molar-refractivity contribution in [1.82, 2.24) is 5.32 Å². The quantitative estimate of drug-likeness (QED) is 0.779. The molecule has 1 fully saturated rings. The zero-order valence-electron chi connectivity index (χ0n) is 12.2. The van der Waals surface area contributed by atoms with Crippen molar-refractivity contribution in [1.29, 1.82) is 0 Å². The van der Waals surface area contributed by atoms with Crippen LogP contribution < -0.4 is 5.32 Å². The van der Waals surface area contributed by atoms with E-state index in [0.717, 1.165) is 11.8 Å². The van der Waals surface area contributed by atoms with Crippen molar-refractivity contribution in [3.63, 3.8) is 0 Å². The molecule has 1 aromatic carbocycles. The van der Waals surface area contributed by atoms with E-state index in [4.69, 9.17) is 0 Å². The molecule has 0 radical (unpaired) electrons. The zero-order chi connectivity index (χ0) is 13.1. The van der Waals surface area contributed by atoms with Crippen LogP contribution in [0.3, 0.4) is 0 Å². The third kappa shape index (κ3) is 3.35. The van der Waals surface area contributed by atoms with Gasteiger partial charge in [0.15, 0.2) is 0 Å². The van der Waals surface area contributed by atoms with Crippen molar-refractivity contribution < 1.29 is 0 Å². The van der Waals surface area contributed by atoms with Crippen molar-refractivity contribution in [2.24, 2.45) is 11.8 Å². The molecule has 1 aliphatic rings.